The second-order valence-corrected chi connectivity index (χ2v) is 6.92. The standard InChI is InChI=1S/C20H18N2O3S/c1-12-4-9-16(13(2)10-12)21-20-22-18(23)17(26-20)11-14-5-7-15(8-6-14)19(24)25-3/h4-11H,1-3H3,(H,21,22,23)/b17-11-. The van der Waals surface area contributed by atoms with Crippen LogP contribution in [0.2, 0.25) is 0 Å². The molecular weight excluding hydrogens is 348 g/mol. The van der Waals surface area contributed by atoms with Crippen LogP contribution >= 0.6 is 11.8 Å². The fourth-order valence-corrected chi connectivity index (χ4v) is 3.34. The molecule has 6 heteroatoms. The molecule has 1 aliphatic heterocycles. The Kier molecular flexibility index (Phi) is 5.23. The first kappa shape index (κ1) is 17.9. The number of nitrogens with one attached hydrogen (secondary N) is 1. The van der Waals surface area contributed by atoms with Gasteiger partial charge in [0.1, 0.15) is 0 Å². The minimum Gasteiger partial charge on any atom is -0.465 e. The number of esters is 1. The van der Waals surface area contributed by atoms with E-state index >= 15 is 0 Å². The number of ether oxygens (including phenoxy) is 1. The van der Waals surface area contributed by atoms with Crippen LogP contribution in [0.25, 0.3) is 6.08 Å². The topological polar surface area (TPSA) is 67.8 Å². The molecule has 1 heterocycles. The van der Waals surface area contributed by atoms with E-state index in [9.17, 15) is 9.59 Å². The van der Waals surface area contributed by atoms with Crippen LogP contribution in [0.4, 0.5) is 5.69 Å². The molecule has 1 fully saturated rings. The summed E-state index contributed by atoms with van der Waals surface area (Å²) in [5.41, 5.74) is 4.36. The fraction of sp³-hybridized carbons (Fsp3) is 0.150. The van der Waals surface area contributed by atoms with Gasteiger partial charge >= 0.3 is 5.97 Å². The molecule has 1 saturated heterocycles. The highest BCUT2D eigenvalue weighted by Gasteiger charge is 2.24. The van der Waals surface area contributed by atoms with Crippen LogP contribution in [0, 0.1) is 13.8 Å². The van der Waals surface area contributed by atoms with E-state index < -0.39 is 0 Å². The van der Waals surface area contributed by atoms with Crippen molar-refractivity contribution >= 4 is 40.6 Å². The molecular formula is C20H18N2O3S. The van der Waals surface area contributed by atoms with Gasteiger partial charge in [0.2, 0.25) is 0 Å². The number of aliphatic imine (C=N–C) groups is 1. The van der Waals surface area contributed by atoms with Crippen molar-refractivity contribution in [3.8, 4) is 0 Å². The van der Waals surface area contributed by atoms with Crippen molar-refractivity contribution in [1.82, 2.24) is 5.32 Å². The summed E-state index contributed by atoms with van der Waals surface area (Å²) in [5.74, 6) is -0.573. The molecule has 5 nitrogen and oxygen atoms in total. The van der Waals surface area contributed by atoms with E-state index in [0.29, 0.717) is 15.6 Å². The predicted molar refractivity (Wildman–Crippen MR) is 105 cm³/mol. The number of aryl methyl sites for hydroxylation is 2. The summed E-state index contributed by atoms with van der Waals surface area (Å²) in [6, 6.07) is 12.9. The van der Waals surface area contributed by atoms with Gasteiger partial charge in [0.25, 0.3) is 5.91 Å². The highest BCUT2D eigenvalue weighted by Crippen LogP contribution is 2.29. The van der Waals surface area contributed by atoms with Crippen molar-refractivity contribution in [2.24, 2.45) is 4.99 Å². The molecule has 1 amide bonds. The van der Waals surface area contributed by atoms with Crippen LogP contribution in [0.15, 0.2) is 52.4 Å². The Morgan fingerprint density at radius 2 is 1.88 bits per heavy atom. The fourth-order valence-electron chi connectivity index (χ4n) is 2.51. The van der Waals surface area contributed by atoms with Gasteiger partial charge in [0.15, 0.2) is 5.17 Å². The monoisotopic (exact) mass is 366 g/mol. The van der Waals surface area contributed by atoms with E-state index in [4.69, 9.17) is 0 Å². The van der Waals surface area contributed by atoms with Crippen LogP contribution in [0.1, 0.15) is 27.0 Å². The molecule has 0 spiro atoms. The number of hydrogen-bond donors (Lipinski definition) is 1. The van der Waals surface area contributed by atoms with E-state index in [1.54, 1.807) is 30.3 Å². The molecule has 0 aliphatic carbocycles. The zero-order chi connectivity index (χ0) is 18.7. The summed E-state index contributed by atoms with van der Waals surface area (Å²) in [5, 5.41) is 3.34. The Hall–Kier alpha value is -2.86. The summed E-state index contributed by atoms with van der Waals surface area (Å²) >= 11 is 1.30. The normalized spacial score (nSPS) is 16.8. The molecule has 26 heavy (non-hydrogen) atoms. The third-order valence-electron chi connectivity index (χ3n) is 3.85. The first-order chi connectivity index (χ1) is 12.5. The Morgan fingerprint density at radius 3 is 2.54 bits per heavy atom. The molecule has 0 unspecified atom stereocenters. The molecule has 2 aromatic carbocycles. The number of amidine groups is 1. The summed E-state index contributed by atoms with van der Waals surface area (Å²) in [6.07, 6.45) is 1.77. The molecule has 132 valence electrons. The van der Waals surface area contributed by atoms with Crippen molar-refractivity contribution in [1.29, 1.82) is 0 Å². The van der Waals surface area contributed by atoms with Gasteiger partial charge < -0.3 is 10.1 Å². The van der Waals surface area contributed by atoms with Crippen LogP contribution in [0.5, 0.6) is 0 Å². The Labute approximate surface area is 156 Å². The summed E-state index contributed by atoms with van der Waals surface area (Å²) < 4.78 is 4.68. The van der Waals surface area contributed by atoms with E-state index in [-0.39, 0.29) is 11.9 Å². The number of carbonyl (C=O) groups excluding carboxylic acids is 2. The highest BCUT2D eigenvalue weighted by molar-refractivity contribution is 8.18. The van der Waals surface area contributed by atoms with Gasteiger partial charge in [-0.3, -0.25) is 4.79 Å². The zero-order valence-electron chi connectivity index (χ0n) is 14.7. The van der Waals surface area contributed by atoms with Crippen molar-refractivity contribution in [2.75, 3.05) is 7.11 Å². The van der Waals surface area contributed by atoms with Gasteiger partial charge in [0, 0.05) is 0 Å². The molecule has 0 radical (unpaired) electrons. The highest BCUT2D eigenvalue weighted by atomic mass is 32.2. The van der Waals surface area contributed by atoms with Gasteiger partial charge in [-0.25, -0.2) is 9.79 Å². The van der Waals surface area contributed by atoms with Crippen molar-refractivity contribution < 1.29 is 14.3 Å². The predicted octanol–water partition coefficient (Wildman–Crippen LogP) is 3.98. The van der Waals surface area contributed by atoms with Crippen LogP contribution in [0.3, 0.4) is 0 Å². The maximum absolute atomic E-state index is 12.2. The first-order valence-corrected chi connectivity index (χ1v) is 8.83. The number of benzene rings is 2. The smallest absolute Gasteiger partial charge is 0.337 e. The summed E-state index contributed by atoms with van der Waals surface area (Å²) in [7, 11) is 1.34. The third kappa shape index (κ3) is 4.03. The molecule has 0 atom stereocenters. The number of carbonyl (C=O) groups is 2. The van der Waals surface area contributed by atoms with Crippen LogP contribution < -0.4 is 5.32 Å². The Morgan fingerprint density at radius 1 is 1.15 bits per heavy atom. The van der Waals surface area contributed by atoms with Gasteiger partial charge in [-0.05, 0) is 61.0 Å². The van der Waals surface area contributed by atoms with Crippen molar-refractivity contribution in [3.63, 3.8) is 0 Å². The molecule has 0 bridgehead atoms. The lowest BCUT2D eigenvalue weighted by Crippen LogP contribution is -2.19. The van der Waals surface area contributed by atoms with Gasteiger partial charge in [0.05, 0.1) is 23.3 Å². The second kappa shape index (κ2) is 7.58. The minimum absolute atomic E-state index is 0.185. The molecule has 0 saturated carbocycles. The van der Waals surface area contributed by atoms with E-state index in [0.717, 1.165) is 16.8 Å². The molecule has 3 rings (SSSR count). The molecule has 1 aliphatic rings. The number of methoxy groups -OCH3 is 1. The van der Waals surface area contributed by atoms with Crippen LogP contribution in [-0.4, -0.2) is 24.2 Å². The Balaban J connectivity index is 1.80. The lowest BCUT2D eigenvalue weighted by atomic mass is 10.1. The maximum Gasteiger partial charge on any atom is 0.337 e. The minimum atomic E-state index is -0.389. The van der Waals surface area contributed by atoms with Gasteiger partial charge in [-0.1, -0.05) is 29.8 Å². The van der Waals surface area contributed by atoms with Crippen molar-refractivity contribution in [2.45, 2.75) is 13.8 Å². The van der Waals surface area contributed by atoms with E-state index in [1.807, 2.05) is 26.0 Å². The van der Waals surface area contributed by atoms with E-state index in [1.165, 1.54) is 24.4 Å². The van der Waals surface area contributed by atoms with Gasteiger partial charge in [-0.2, -0.15) is 0 Å². The lowest BCUT2D eigenvalue weighted by molar-refractivity contribution is -0.115. The first-order valence-electron chi connectivity index (χ1n) is 8.01. The second-order valence-electron chi connectivity index (χ2n) is 5.89. The zero-order valence-corrected chi connectivity index (χ0v) is 15.5. The number of hydrogen-bond acceptors (Lipinski definition) is 5. The number of amides is 1. The molecule has 2 aromatic rings. The molecule has 1 N–H and O–H groups in total. The summed E-state index contributed by atoms with van der Waals surface area (Å²) in [6.45, 7) is 4.02. The SMILES string of the molecule is COC(=O)c1ccc(/C=C2\SC(=Nc3ccc(C)cc3C)NC2=O)cc1. The third-order valence-corrected chi connectivity index (χ3v) is 4.76. The van der Waals surface area contributed by atoms with Gasteiger partial charge in [-0.15, -0.1) is 0 Å². The van der Waals surface area contributed by atoms with Crippen LogP contribution in [-0.2, 0) is 9.53 Å². The molecule has 0 aromatic heterocycles. The largest absolute Gasteiger partial charge is 0.465 e. The Bertz CT molecular complexity index is 931. The van der Waals surface area contributed by atoms with E-state index in [2.05, 4.69) is 21.1 Å². The maximum atomic E-state index is 12.2. The number of rotatable bonds is 3. The number of thioether (sulfide) groups is 1. The number of nitrogens with zero attached hydrogens (tertiary/aromatic N) is 1. The quantitative estimate of drug-likeness (QED) is 0.659. The summed E-state index contributed by atoms with van der Waals surface area (Å²) in [4.78, 5) is 28.7. The van der Waals surface area contributed by atoms with Crippen molar-refractivity contribution in [3.05, 3.63) is 69.6 Å². The average molecular weight is 366 g/mol. The average Bonchev–Trinajstić information content (AvgIpc) is 2.96. The lowest BCUT2D eigenvalue weighted by Gasteiger charge is -2.02.